The van der Waals surface area contributed by atoms with Gasteiger partial charge in [-0.3, -0.25) is 4.79 Å². The zero-order valence-corrected chi connectivity index (χ0v) is 8.00. The molecule has 14 heavy (non-hydrogen) atoms. The zero-order chi connectivity index (χ0) is 10.0. The number of carbonyl (C=O) groups is 1. The molecule has 0 aliphatic heterocycles. The van der Waals surface area contributed by atoms with Gasteiger partial charge in [0, 0.05) is 6.42 Å². The molecule has 1 nitrogen and oxygen atoms in total. The fourth-order valence-electron chi connectivity index (χ4n) is 2.21. The number of hydrogen-bond donors (Lipinski definition) is 0. The van der Waals surface area contributed by atoms with Crippen LogP contribution in [0, 0.1) is 0 Å². The first-order valence-corrected chi connectivity index (χ1v) is 4.94. The minimum absolute atomic E-state index is 0.0613. The smallest absolute Gasteiger partial charge is 0.146 e. The number of halogens is 1. The highest BCUT2D eigenvalue weighted by molar-refractivity contribution is 5.92. The van der Waals surface area contributed by atoms with Crippen molar-refractivity contribution < 1.29 is 9.18 Å². The molecule has 1 fully saturated rings. The van der Waals surface area contributed by atoms with E-state index in [4.69, 9.17) is 0 Å². The number of alkyl halides is 1. The van der Waals surface area contributed by atoms with Gasteiger partial charge in [-0.2, -0.15) is 0 Å². The summed E-state index contributed by atoms with van der Waals surface area (Å²) in [6.45, 7) is -0.560. The van der Waals surface area contributed by atoms with Gasteiger partial charge in [0.25, 0.3) is 0 Å². The number of hydrogen-bond acceptors (Lipinski definition) is 1. The second-order valence-corrected chi connectivity index (χ2v) is 3.86. The molecule has 1 aliphatic carbocycles. The normalized spacial score (nSPS) is 26.8. The van der Waals surface area contributed by atoms with E-state index in [1.165, 1.54) is 0 Å². The quantitative estimate of drug-likeness (QED) is 0.704. The van der Waals surface area contributed by atoms with Crippen molar-refractivity contribution in [1.82, 2.24) is 0 Å². The largest absolute Gasteiger partial charge is 0.299 e. The Kier molecular flexibility index (Phi) is 2.36. The fourth-order valence-corrected chi connectivity index (χ4v) is 2.21. The van der Waals surface area contributed by atoms with Crippen molar-refractivity contribution in [3.05, 3.63) is 35.9 Å². The molecule has 0 saturated heterocycles. The van der Waals surface area contributed by atoms with E-state index >= 15 is 0 Å². The maximum atomic E-state index is 13.1. The molecule has 0 amide bonds. The van der Waals surface area contributed by atoms with Crippen molar-refractivity contribution in [2.24, 2.45) is 0 Å². The van der Waals surface area contributed by atoms with Crippen LogP contribution in [0.25, 0.3) is 0 Å². The molecule has 2 heteroatoms. The molecule has 0 N–H and O–H groups in total. The summed E-state index contributed by atoms with van der Waals surface area (Å²) in [5.74, 6) is 0.0613. The topological polar surface area (TPSA) is 17.1 Å². The molecule has 74 valence electrons. The minimum atomic E-state index is -0.818. The van der Waals surface area contributed by atoms with Gasteiger partial charge in [0.15, 0.2) is 0 Å². The maximum absolute atomic E-state index is 13.1. The lowest BCUT2D eigenvalue weighted by atomic mass is 9.79. The Morgan fingerprint density at radius 2 is 2.00 bits per heavy atom. The molecular weight excluding hydrogens is 179 g/mol. The molecular formula is C12H13FO. The third kappa shape index (κ3) is 1.26. The molecule has 1 saturated carbocycles. The van der Waals surface area contributed by atoms with E-state index in [2.05, 4.69) is 0 Å². The predicted octanol–water partition coefficient (Wildman–Crippen LogP) is 2.65. The lowest BCUT2D eigenvalue weighted by molar-refractivity contribution is -0.122. The average molecular weight is 192 g/mol. The van der Waals surface area contributed by atoms with Gasteiger partial charge in [-0.15, -0.1) is 0 Å². The number of rotatable bonds is 2. The van der Waals surface area contributed by atoms with Crippen molar-refractivity contribution in [3.8, 4) is 0 Å². The van der Waals surface area contributed by atoms with Crippen molar-refractivity contribution >= 4 is 5.78 Å². The van der Waals surface area contributed by atoms with E-state index in [9.17, 15) is 9.18 Å². The lowest BCUT2D eigenvalue weighted by Gasteiger charge is -2.23. The zero-order valence-electron chi connectivity index (χ0n) is 8.00. The van der Waals surface area contributed by atoms with E-state index in [1.54, 1.807) is 0 Å². The van der Waals surface area contributed by atoms with Gasteiger partial charge >= 0.3 is 0 Å². The van der Waals surface area contributed by atoms with Crippen molar-refractivity contribution in [3.63, 3.8) is 0 Å². The Bertz CT molecular complexity index is 333. The average Bonchev–Trinajstić information content (AvgIpc) is 2.62. The van der Waals surface area contributed by atoms with Gasteiger partial charge in [0.2, 0.25) is 0 Å². The van der Waals surface area contributed by atoms with Crippen LogP contribution in [0.2, 0.25) is 0 Å². The highest BCUT2D eigenvalue weighted by atomic mass is 19.1. The summed E-state index contributed by atoms with van der Waals surface area (Å²) in [5.41, 5.74) is 0.0198. The fraction of sp³-hybridized carbons (Fsp3) is 0.417. The number of carbonyl (C=O) groups excluding carboxylic acids is 1. The van der Waals surface area contributed by atoms with E-state index in [0.717, 1.165) is 12.0 Å². The summed E-state index contributed by atoms with van der Waals surface area (Å²) >= 11 is 0. The van der Waals surface area contributed by atoms with Crippen molar-refractivity contribution in [1.29, 1.82) is 0 Å². The monoisotopic (exact) mass is 192 g/mol. The predicted molar refractivity (Wildman–Crippen MR) is 53.0 cm³/mol. The molecule has 1 atom stereocenters. The summed E-state index contributed by atoms with van der Waals surface area (Å²) in [4.78, 5) is 11.7. The van der Waals surface area contributed by atoms with Gasteiger partial charge in [0.05, 0.1) is 5.41 Å². The summed E-state index contributed by atoms with van der Waals surface area (Å²) < 4.78 is 13.1. The SMILES string of the molecule is O=C1CCCC1(CF)c1ccccc1. The van der Waals surface area contributed by atoms with Crippen LogP contribution in [0.15, 0.2) is 30.3 Å². The van der Waals surface area contributed by atoms with Crippen LogP contribution in [-0.2, 0) is 10.2 Å². The Hall–Kier alpha value is -1.18. The van der Waals surface area contributed by atoms with Gasteiger partial charge in [0.1, 0.15) is 12.5 Å². The van der Waals surface area contributed by atoms with E-state index in [0.29, 0.717) is 12.8 Å². The summed E-state index contributed by atoms with van der Waals surface area (Å²) in [6.07, 6.45) is 2.00. The third-order valence-corrected chi connectivity index (χ3v) is 3.10. The standard InChI is InChI=1S/C12H13FO/c13-9-12(8-4-7-11(12)14)10-5-2-1-3-6-10/h1-3,5-6H,4,7-9H2. The second kappa shape index (κ2) is 3.52. The molecule has 0 spiro atoms. The molecule has 2 rings (SSSR count). The number of Topliss-reactive ketones (excluding diaryl/α,β-unsaturated/α-hetero) is 1. The van der Waals surface area contributed by atoms with Crippen molar-refractivity contribution in [2.45, 2.75) is 24.7 Å². The van der Waals surface area contributed by atoms with Gasteiger partial charge in [-0.05, 0) is 18.4 Å². The molecule has 1 unspecified atom stereocenters. The Labute approximate surface area is 82.9 Å². The first-order valence-electron chi connectivity index (χ1n) is 4.94. The second-order valence-electron chi connectivity index (χ2n) is 3.86. The maximum Gasteiger partial charge on any atom is 0.146 e. The van der Waals surface area contributed by atoms with Crippen LogP contribution in [0.4, 0.5) is 4.39 Å². The van der Waals surface area contributed by atoms with E-state index in [-0.39, 0.29) is 5.78 Å². The van der Waals surface area contributed by atoms with Gasteiger partial charge in [-0.25, -0.2) is 4.39 Å². The first-order chi connectivity index (χ1) is 6.79. The van der Waals surface area contributed by atoms with Crippen LogP contribution < -0.4 is 0 Å². The Morgan fingerprint density at radius 3 is 2.50 bits per heavy atom. The molecule has 1 aromatic rings. The lowest BCUT2D eigenvalue weighted by Crippen LogP contribution is -2.33. The number of benzene rings is 1. The molecule has 0 heterocycles. The molecule has 0 aromatic heterocycles. The third-order valence-electron chi connectivity index (χ3n) is 3.10. The van der Waals surface area contributed by atoms with Crippen LogP contribution in [0.1, 0.15) is 24.8 Å². The van der Waals surface area contributed by atoms with Crippen LogP contribution in [0.3, 0.4) is 0 Å². The van der Waals surface area contributed by atoms with Gasteiger partial charge < -0.3 is 0 Å². The number of ketones is 1. The van der Waals surface area contributed by atoms with Crippen LogP contribution in [-0.4, -0.2) is 12.5 Å². The Morgan fingerprint density at radius 1 is 1.29 bits per heavy atom. The highest BCUT2D eigenvalue weighted by Crippen LogP contribution is 2.38. The van der Waals surface area contributed by atoms with Gasteiger partial charge in [-0.1, -0.05) is 30.3 Å². The first kappa shape index (κ1) is 9.38. The summed E-state index contributed by atoms with van der Waals surface area (Å²) in [6, 6.07) is 9.30. The summed E-state index contributed by atoms with van der Waals surface area (Å²) in [7, 11) is 0. The minimum Gasteiger partial charge on any atom is -0.299 e. The van der Waals surface area contributed by atoms with E-state index in [1.807, 2.05) is 30.3 Å². The summed E-state index contributed by atoms with van der Waals surface area (Å²) in [5, 5.41) is 0. The molecule has 1 aromatic carbocycles. The Balaban J connectivity index is 2.43. The molecule has 0 radical (unpaired) electrons. The van der Waals surface area contributed by atoms with Crippen LogP contribution in [0.5, 0.6) is 0 Å². The van der Waals surface area contributed by atoms with E-state index < -0.39 is 12.1 Å². The van der Waals surface area contributed by atoms with Crippen LogP contribution >= 0.6 is 0 Å². The van der Waals surface area contributed by atoms with Crippen molar-refractivity contribution in [2.75, 3.05) is 6.67 Å². The molecule has 1 aliphatic rings. The molecule has 0 bridgehead atoms. The highest BCUT2D eigenvalue weighted by Gasteiger charge is 2.43.